The summed E-state index contributed by atoms with van der Waals surface area (Å²) in [5.41, 5.74) is 0. The van der Waals surface area contributed by atoms with E-state index in [0.29, 0.717) is 0 Å². The van der Waals surface area contributed by atoms with Crippen LogP contribution in [0.5, 0.6) is 0 Å². The number of halogens is 2. The summed E-state index contributed by atoms with van der Waals surface area (Å²) in [4.78, 5) is 27.0. The van der Waals surface area contributed by atoms with Crippen LogP contribution in [-0.2, 0) is 9.36 Å². The van der Waals surface area contributed by atoms with E-state index in [-0.39, 0.29) is 3.94 Å². The van der Waals surface area contributed by atoms with Gasteiger partial charge in [-0.15, -0.1) is 3.94 Å². The second-order valence-electron chi connectivity index (χ2n) is 1.96. The molecule has 0 spiro atoms. The molecule has 0 fully saturated rings. The first-order valence-electron chi connectivity index (χ1n) is 2.62. The topological polar surface area (TPSA) is 98.1 Å². The van der Waals surface area contributed by atoms with Gasteiger partial charge in [-0.2, -0.15) is 0 Å². The molecule has 0 aliphatic heterocycles. The van der Waals surface area contributed by atoms with Gasteiger partial charge in [-0.1, -0.05) is 0 Å². The minimum atomic E-state index is -4.42. The van der Waals surface area contributed by atoms with E-state index in [2.05, 4.69) is 0 Å². The molecule has 0 heterocycles. The fraction of sp³-hybridized carbons (Fsp3) is 0.667. The Bertz CT molecular complexity index is 215. The zero-order valence-corrected chi connectivity index (χ0v) is 8.00. The molecule has 0 aromatic heterocycles. The monoisotopic (exact) mass is 237 g/mol. The van der Waals surface area contributed by atoms with Gasteiger partial charge in [-0.3, -0.25) is 9.36 Å². The Balaban J connectivity index is 4.35. The number of carbonyl (C=O) groups is 1. The molecule has 0 saturated heterocycles. The standard InChI is InChI=1S/C3H6Cl2NO5P/c4-6(5)2(3(7)8)1-12(9,10)11/h2H,1H2,(H,7,8)(H2,9,10,11). The van der Waals surface area contributed by atoms with Crippen molar-refractivity contribution in [3.05, 3.63) is 0 Å². The minimum absolute atomic E-state index is 0.196. The van der Waals surface area contributed by atoms with Gasteiger partial charge < -0.3 is 14.9 Å². The number of carboxylic acids is 1. The Morgan fingerprint density at radius 1 is 1.50 bits per heavy atom. The van der Waals surface area contributed by atoms with Gasteiger partial charge in [0.05, 0.1) is 6.16 Å². The van der Waals surface area contributed by atoms with E-state index in [0.717, 1.165) is 0 Å². The molecule has 1 atom stereocenters. The molecule has 0 bridgehead atoms. The highest BCUT2D eigenvalue weighted by Crippen LogP contribution is 2.36. The second-order valence-corrected chi connectivity index (χ2v) is 4.56. The lowest BCUT2D eigenvalue weighted by atomic mass is 10.4. The predicted octanol–water partition coefficient (Wildman–Crippen LogP) is 0.227. The Morgan fingerprint density at radius 3 is 2.00 bits per heavy atom. The molecule has 0 amide bonds. The van der Waals surface area contributed by atoms with Crippen LogP contribution >= 0.6 is 31.1 Å². The molecule has 0 aromatic rings. The van der Waals surface area contributed by atoms with Crippen LogP contribution in [0.25, 0.3) is 0 Å². The average Bonchev–Trinajstić information content (AvgIpc) is 1.79. The Kier molecular flexibility index (Phi) is 4.47. The van der Waals surface area contributed by atoms with Crippen LogP contribution in [0.15, 0.2) is 0 Å². The molecular weight excluding hydrogens is 232 g/mol. The van der Waals surface area contributed by atoms with Crippen LogP contribution in [0.2, 0.25) is 0 Å². The van der Waals surface area contributed by atoms with Gasteiger partial charge in [0.25, 0.3) is 0 Å². The van der Waals surface area contributed by atoms with Gasteiger partial charge in [0.1, 0.15) is 6.04 Å². The van der Waals surface area contributed by atoms with Crippen LogP contribution in [0.4, 0.5) is 0 Å². The van der Waals surface area contributed by atoms with E-state index in [4.69, 9.17) is 38.4 Å². The molecule has 12 heavy (non-hydrogen) atoms. The van der Waals surface area contributed by atoms with E-state index < -0.39 is 25.8 Å². The van der Waals surface area contributed by atoms with Crippen molar-refractivity contribution in [3.63, 3.8) is 0 Å². The molecule has 1 unspecified atom stereocenters. The summed E-state index contributed by atoms with van der Waals surface area (Å²) in [5, 5.41) is 8.35. The molecule has 0 saturated carbocycles. The number of hydrogen-bond donors (Lipinski definition) is 3. The largest absolute Gasteiger partial charge is 0.480 e. The highest BCUT2D eigenvalue weighted by molar-refractivity contribution is 7.51. The van der Waals surface area contributed by atoms with Gasteiger partial charge in [0.2, 0.25) is 0 Å². The van der Waals surface area contributed by atoms with Gasteiger partial charge in [0, 0.05) is 0 Å². The van der Waals surface area contributed by atoms with Crippen molar-refractivity contribution in [1.82, 2.24) is 3.94 Å². The summed E-state index contributed by atoms with van der Waals surface area (Å²) >= 11 is 10.0. The van der Waals surface area contributed by atoms with Crippen molar-refractivity contribution in [2.75, 3.05) is 6.16 Å². The lowest BCUT2D eigenvalue weighted by molar-refractivity contribution is -0.139. The van der Waals surface area contributed by atoms with Crippen molar-refractivity contribution < 1.29 is 24.3 Å². The Labute approximate surface area is 78.1 Å². The van der Waals surface area contributed by atoms with Crippen LogP contribution in [0.3, 0.4) is 0 Å². The first-order chi connectivity index (χ1) is 5.24. The molecule has 3 N–H and O–H groups in total. The van der Waals surface area contributed by atoms with Gasteiger partial charge in [-0.05, 0) is 23.6 Å². The number of aliphatic carboxylic acids is 1. The molecule has 0 aromatic carbocycles. The fourth-order valence-corrected chi connectivity index (χ4v) is 1.72. The first kappa shape index (κ1) is 12.2. The van der Waals surface area contributed by atoms with E-state index in [1.165, 1.54) is 0 Å². The highest BCUT2D eigenvalue weighted by atomic mass is 35.5. The highest BCUT2D eigenvalue weighted by Gasteiger charge is 2.31. The van der Waals surface area contributed by atoms with Gasteiger partial charge in [-0.25, -0.2) is 0 Å². The molecule has 72 valence electrons. The second kappa shape index (κ2) is 4.41. The van der Waals surface area contributed by atoms with Crippen LogP contribution in [0.1, 0.15) is 0 Å². The SMILES string of the molecule is O=C(O)C(CP(=O)(O)O)N(Cl)Cl. The quantitative estimate of drug-likeness (QED) is 0.478. The smallest absolute Gasteiger partial charge is 0.327 e. The van der Waals surface area contributed by atoms with Gasteiger partial charge >= 0.3 is 13.6 Å². The van der Waals surface area contributed by atoms with Crippen molar-refractivity contribution in [3.8, 4) is 0 Å². The van der Waals surface area contributed by atoms with E-state index >= 15 is 0 Å². The maximum atomic E-state index is 10.3. The number of hydrogen-bond acceptors (Lipinski definition) is 3. The summed E-state index contributed by atoms with van der Waals surface area (Å²) in [6.45, 7) is 0. The van der Waals surface area contributed by atoms with E-state index in [9.17, 15) is 9.36 Å². The number of carboxylic acid groups (broad SMARTS) is 1. The lowest BCUT2D eigenvalue weighted by Crippen LogP contribution is -2.32. The van der Waals surface area contributed by atoms with Crippen LogP contribution < -0.4 is 0 Å². The third-order valence-corrected chi connectivity index (χ3v) is 2.22. The Morgan fingerprint density at radius 2 is 1.92 bits per heavy atom. The third kappa shape index (κ3) is 4.92. The summed E-state index contributed by atoms with van der Waals surface area (Å²) < 4.78 is 10.5. The molecule has 6 nitrogen and oxygen atoms in total. The van der Waals surface area contributed by atoms with E-state index in [1.807, 2.05) is 0 Å². The maximum Gasteiger partial charge on any atom is 0.327 e. The van der Waals surface area contributed by atoms with Crippen molar-refractivity contribution in [2.24, 2.45) is 0 Å². The van der Waals surface area contributed by atoms with Crippen LogP contribution in [-0.4, -0.2) is 37.0 Å². The van der Waals surface area contributed by atoms with Crippen molar-refractivity contribution in [1.29, 1.82) is 0 Å². The van der Waals surface area contributed by atoms with Gasteiger partial charge in [0.15, 0.2) is 0 Å². The molecule has 0 rings (SSSR count). The molecule has 9 heteroatoms. The summed E-state index contributed by atoms with van der Waals surface area (Å²) in [6.07, 6.45) is -0.921. The number of nitrogens with zero attached hydrogens (tertiary/aromatic N) is 1. The lowest BCUT2D eigenvalue weighted by Gasteiger charge is -2.14. The predicted molar refractivity (Wildman–Crippen MR) is 41.9 cm³/mol. The summed E-state index contributed by atoms with van der Waals surface area (Å²) in [6, 6.07) is -1.60. The Hall–Kier alpha value is 0.160. The normalized spacial score (nSPS) is 14.8. The zero-order chi connectivity index (χ0) is 9.94. The maximum absolute atomic E-state index is 10.3. The number of rotatable bonds is 4. The molecule has 0 aliphatic rings. The zero-order valence-electron chi connectivity index (χ0n) is 5.59. The molecular formula is C3H6Cl2NO5P. The first-order valence-corrected chi connectivity index (χ1v) is 5.09. The van der Waals surface area contributed by atoms with Crippen molar-refractivity contribution >= 4 is 37.1 Å². The minimum Gasteiger partial charge on any atom is -0.480 e. The van der Waals surface area contributed by atoms with Crippen molar-refractivity contribution in [2.45, 2.75) is 6.04 Å². The van der Waals surface area contributed by atoms with E-state index in [1.54, 1.807) is 0 Å². The molecule has 0 radical (unpaired) electrons. The van der Waals surface area contributed by atoms with Crippen LogP contribution in [0, 0.1) is 0 Å². The summed E-state index contributed by atoms with van der Waals surface area (Å²) in [7, 11) is -4.42. The fourth-order valence-electron chi connectivity index (χ4n) is 0.449. The third-order valence-electron chi connectivity index (χ3n) is 0.931. The average molecular weight is 238 g/mol. The summed E-state index contributed by atoms with van der Waals surface area (Å²) in [5.74, 6) is -1.50. The molecule has 0 aliphatic carbocycles.